The Hall–Kier alpha value is -12.5. The Morgan fingerprint density at radius 1 is 0.526 bits per heavy atom. The summed E-state index contributed by atoms with van der Waals surface area (Å²) in [6.07, 6.45) is -6.53. The van der Waals surface area contributed by atoms with Gasteiger partial charge in [0.1, 0.15) is 66.5 Å². The van der Waals surface area contributed by atoms with E-state index in [4.69, 9.17) is 10.9 Å². The number of aliphatic hydroxyl groups is 1. The number of amides is 14. The average molecular weight is 1950 g/mol. The molecule has 4 aliphatic heterocycles. The molecule has 47 nitrogen and oxygen atoms in total. The van der Waals surface area contributed by atoms with Crippen LogP contribution in [0.1, 0.15) is 101 Å². The van der Waals surface area contributed by atoms with Gasteiger partial charge in [-0.05, 0) is 85.4 Å². The number of aliphatic carboxylic acids is 5. The normalized spacial score (nSPS) is 23.8. The van der Waals surface area contributed by atoms with Gasteiger partial charge in [0.05, 0.1) is 44.5 Å². The molecule has 50 heteroatoms. The van der Waals surface area contributed by atoms with Gasteiger partial charge in [-0.3, -0.25) is 111 Å². The van der Waals surface area contributed by atoms with E-state index in [1.165, 1.54) is 50.1 Å². The molecule has 3 fully saturated rings. The van der Waals surface area contributed by atoms with Crippen LogP contribution >= 0.6 is 23.5 Å². The first kappa shape index (κ1) is 108. The Kier molecular flexibility index (Phi) is 41.9. The van der Waals surface area contributed by atoms with Crippen LogP contribution in [-0.2, 0) is 125 Å². The standard InChI is InChI=1S/C85H118N20O27S3/c1-47(2)32-58-80(125)100-74(48(3)106)84(129)96-60(35-52-37-88-55-11-5-4-10-54(52)55)78(123)97-62-38-89-66(107)19-17-56(91-68(109)39-101-23-25-102(40-71(114)115)27-29-104(42-73(118)119)30-28-103(26-24-101)41-72(116)117)76(121)99-64(46-134-44-51-9-6-8-50(33-51)43-133-45-63(75(86)120)98-81(62)126)82(127)92-57(18-20-69(110)111)85(130)105-22-7-12-65(105)83(128)95-61(36-70(112)113)79(124)94-59(77(122)93-58)34-49-13-15-53(16-14-49)90-67(108)21-31-135(87,131)132/h4-6,8-11,13-16,33,37,47-48,56-65,74,88,106H,7,12,17-32,34-36,38-46H2,1-3H3,(H2,86,120)(H,89,107)(H,90,108)(H,91,109)(H,92,127)(H,93,122)(H,94,124)(H,95,128)(H,96,129)(H,97,123)(H,98,126)(H,99,121)(H,100,125)(H,110,111)(H,112,113)(H,114,115)(H,116,117)(H,118,119)(H2,87,131,132)/t48-,56+,57+,58+,59+,60+,61+,62+,63+,64+,65-,74+/m1/s1. The van der Waals surface area contributed by atoms with E-state index in [0.717, 1.165) is 35.3 Å². The predicted molar refractivity (Wildman–Crippen MR) is 487 cm³/mol. The van der Waals surface area contributed by atoms with Crippen LogP contribution in [-0.4, -0.2) is 363 Å². The van der Waals surface area contributed by atoms with Crippen molar-refractivity contribution in [1.29, 1.82) is 0 Å². The van der Waals surface area contributed by atoms with Crippen molar-refractivity contribution < 1.29 is 130 Å². The Balaban J connectivity index is 1.26. The maximum absolute atomic E-state index is 15.5. The lowest BCUT2D eigenvalue weighted by atomic mass is 9.99. The molecule has 738 valence electrons. The minimum atomic E-state index is -4.06. The molecule has 0 aliphatic carbocycles. The van der Waals surface area contributed by atoms with Crippen LogP contribution in [0.5, 0.6) is 0 Å². The van der Waals surface area contributed by atoms with Crippen molar-refractivity contribution in [2.24, 2.45) is 16.8 Å². The molecular formula is C85H118N20O27S3. The molecule has 23 N–H and O–H groups in total. The summed E-state index contributed by atoms with van der Waals surface area (Å²) in [7, 11) is -4.06. The number of hydrogen-bond donors (Lipinski definition) is 21. The predicted octanol–water partition coefficient (Wildman–Crippen LogP) is -5.77. The topological polar surface area (TPSA) is 708 Å². The molecule has 4 aromatic rings. The van der Waals surface area contributed by atoms with E-state index in [-0.39, 0.29) is 107 Å². The van der Waals surface area contributed by atoms with Crippen molar-refractivity contribution in [2.75, 3.05) is 114 Å². The fourth-order valence-electron chi connectivity index (χ4n) is 15.4. The third-order valence-electron chi connectivity index (χ3n) is 22.4. The summed E-state index contributed by atoms with van der Waals surface area (Å²) in [6, 6.07) is -1.17. The number of thioether (sulfide) groups is 2. The highest BCUT2D eigenvalue weighted by Gasteiger charge is 2.43. The average Bonchev–Trinajstić information content (AvgIpc) is 1.70. The Morgan fingerprint density at radius 3 is 1.64 bits per heavy atom. The van der Waals surface area contributed by atoms with E-state index >= 15 is 38.4 Å². The SMILES string of the molecule is CC(C)C[C@@H]1NC(=O)[C@H](Cc2ccc(NC(=O)CCS(N)(=O)=O)cc2)NC(=O)[C@H](CC(=O)O)NC(=O)[C@H]2CCCN2C(=O)[C@H](CCC(=O)O)NC(=O)[C@@H]2CSCc3cccc(c3)CSC[C@@H](C(N)=O)NC(=O)[C@H](CNC(=O)CC[C@H](NC(=O)CN3CCN(CC(=O)O)CCN(CC(=O)O)CCN(CC(=O)O)CC3)C(=O)N2)NC(=O)[C@H](Cc2c[nH]c3ccccc23)NC(=O)[C@H]([C@@H](C)O)NC1=O. The number of carboxylic acid groups (broad SMARTS) is 5. The lowest BCUT2D eigenvalue weighted by molar-refractivity contribution is -0.145. The van der Waals surface area contributed by atoms with Gasteiger partial charge >= 0.3 is 29.8 Å². The zero-order valence-corrected chi connectivity index (χ0v) is 77.0. The number of primary amides is 1. The van der Waals surface area contributed by atoms with Crippen molar-refractivity contribution in [2.45, 2.75) is 175 Å². The van der Waals surface area contributed by atoms with E-state index < -0.39 is 297 Å². The van der Waals surface area contributed by atoms with Crippen LogP contribution < -0.4 is 74.7 Å². The second kappa shape index (κ2) is 52.4. The number of rotatable bonds is 26. The first-order valence-electron chi connectivity index (χ1n) is 43.7. The van der Waals surface area contributed by atoms with E-state index in [0.29, 0.717) is 27.6 Å². The lowest BCUT2D eigenvalue weighted by Gasteiger charge is -2.33. The van der Waals surface area contributed by atoms with E-state index in [1.807, 2.05) is 0 Å². The number of para-hydroxylation sites is 1. The minimum absolute atomic E-state index is 0.00992. The number of H-pyrrole nitrogens is 1. The van der Waals surface area contributed by atoms with Gasteiger partial charge in [0.2, 0.25) is 92.7 Å². The van der Waals surface area contributed by atoms with Crippen LogP contribution in [0.15, 0.2) is 79.0 Å². The van der Waals surface area contributed by atoms with Crippen LogP contribution in [0, 0.1) is 5.92 Å². The maximum Gasteiger partial charge on any atom is 0.317 e. The molecule has 8 rings (SSSR count). The number of sulfonamides is 1. The highest BCUT2D eigenvalue weighted by molar-refractivity contribution is 7.98. The highest BCUT2D eigenvalue weighted by atomic mass is 32.2. The smallest absolute Gasteiger partial charge is 0.317 e. The zero-order chi connectivity index (χ0) is 98.9. The number of carboxylic acids is 5. The summed E-state index contributed by atoms with van der Waals surface area (Å²) < 4.78 is 23.3. The number of aliphatic hydroxyl groups excluding tert-OH is 1. The summed E-state index contributed by atoms with van der Waals surface area (Å²) in [5, 5.41) is 97.8. The molecule has 3 saturated heterocycles. The van der Waals surface area contributed by atoms with Crippen LogP contribution in [0.3, 0.4) is 0 Å². The Bertz CT molecular complexity index is 5040. The number of carbonyl (C=O) groups excluding carboxylic acids is 14. The van der Waals surface area contributed by atoms with Crippen molar-refractivity contribution in [1.82, 2.24) is 88.0 Å². The van der Waals surface area contributed by atoms with E-state index in [2.05, 4.69) is 68.8 Å². The fraction of sp³-hybridized carbons (Fsp3) is 0.541. The number of hydrogen-bond acceptors (Lipinski definition) is 28. The second-order valence-corrected chi connectivity index (χ2v) is 37.5. The monoisotopic (exact) mass is 1950 g/mol. The van der Waals surface area contributed by atoms with Crippen LogP contribution in [0.25, 0.3) is 10.9 Å². The van der Waals surface area contributed by atoms with Crippen molar-refractivity contribution >= 4 is 163 Å². The van der Waals surface area contributed by atoms with E-state index in [9.17, 15) is 91.8 Å². The fourth-order valence-corrected chi connectivity index (χ4v) is 17.8. The number of aromatic nitrogens is 1. The molecule has 4 aliphatic rings. The molecule has 3 aromatic carbocycles. The van der Waals surface area contributed by atoms with Gasteiger partial charge in [-0.15, -0.1) is 0 Å². The second-order valence-electron chi connectivity index (χ2n) is 33.7. The molecule has 4 bridgehead atoms. The third-order valence-corrected chi connectivity index (χ3v) is 25.4. The van der Waals surface area contributed by atoms with Crippen LogP contribution in [0.2, 0.25) is 0 Å². The van der Waals surface area contributed by atoms with Gasteiger partial charge in [-0.25, -0.2) is 13.6 Å². The molecule has 1 aromatic heterocycles. The molecule has 14 amide bonds. The molecule has 0 saturated carbocycles. The lowest BCUT2D eigenvalue weighted by Crippen LogP contribution is -2.63. The van der Waals surface area contributed by atoms with Gasteiger partial charge in [-0.2, -0.15) is 23.5 Å². The van der Waals surface area contributed by atoms with Gasteiger partial charge in [0.15, 0.2) is 0 Å². The molecule has 0 radical (unpaired) electrons. The summed E-state index contributed by atoms with van der Waals surface area (Å²) in [5.74, 6) is -24.2. The van der Waals surface area contributed by atoms with Crippen LogP contribution in [0.4, 0.5) is 5.69 Å². The molecular weight excluding hydrogens is 1830 g/mol. The van der Waals surface area contributed by atoms with Gasteiger partial charge in [0, 0.05) is 143 Å². The molecule has 0 spiro atoms. The Labute approximate surface area is 784 Å². The number of carbonyl (C=O) groups is 19. The van der Waals surface area contributed by atoms with Crippen molar-refractivity contribution in [3.63, 3.8) is 0 Å². The quantitative estimate of drug-likeness (QED) is 0.0278. The number of primary sulfonamides is 1. The summed E-state index contributed by atoms with van der Waals surface area (Å²) >= 11 is 2.18. The number of fused-ring (bicyclic) bond motifs is 13. The number of aromatic amines is 1. The number of nitrogens with one attached hydrogen (secondary N) is 13. The number of benzene rings is 3. The van der Waals surface area contributed by atoms with Crippen molar-refractivity contribution in [3.05, 3.63) is 101 Å². The molecule has 12 atom stereocenters. The molecule has 5 heterocycles. The molecule has 0 unspecified atom stereocenters. The van der Waals surface area contributed by atoms with Gasteiger partial charge in [-0.1, -0.05) is 68.4 Å². The number of nitrogens with zero attached hydrogens (tertiary/aromatic N) is 5. The largest absolute Gasteiger partial charge is 0.481 e. The Morgan fingerprint density at radius 2 is 1.06 bits per heavy atom. The van der Waals surface area contributed by atoms with Gasteiger partial charge in [0.25, 0.3) is 0 Å². The summed E-state index contributed by atoms with van der Waals surface area (Å²) in [4.78, 5) is 279. The minimum Gasteiger partial charge on any atom is -0.481 e. The van der Waals surface area contributed by atoms with Crippen molar-refractivity contribution in [3.8, 4) is 0 Å². The third kappa shape index (κ3) is 36.4. The first-order chi connectivity index (χ1) is 63.9. The first-order valence-corrected chi connectivity index (χ1v) is 47.7. The number of nitrogens with two attached hydrogens (primary N) is 2. The summed E-state index contributed by atoms with van der Waals surface area (Å²) in [5.41, 5.74) is 8.42. The maximum atomic E-state index is 15.5. The molecule has 135 heavy (non-hydrogen) atoms. The number of anilines is 1. The zero-order valence-electron chi connectivity index (χ0n) is 74.6. The van der Waals surface area contributed by atoms with Gasteiger partial charge < -0.3 is 110 Å². The highest BCUT2D eigenvalue weighted by Crippen LogP contribution is 2.25. The van der Waals surface area contributed by atoms with E-state index in [1.54, 1.807) is 62.4 Å². The summed E-state index contributed by atoms with van der Waals surface area (Å²) in [6.45, 7) is 0.656.